The van der Waals surface area contributed by atoms with Gasteiger partial charge >= 0.3 is 0 Å². The molecular weight excluding hydrogens is 338 g/mol. The molecule has 2 aromatic carbocycles. The lowest BCUT2D eigenvalue weighted by Crippen LogP contribution is -2.37. The molecule has 2 aliphatic rings. The zero-order chi connectivity index (χ0) is 18.8. The van der Waals surface area contributed by atoms with E-state index in [0.29, 0.717) is 11.5 Å². The third kappa shape index (κ3) is 3.39. The maximum Gasteiger partial charge on any atom is 0.203 e. The molecule has 27 heavy (non-hydrogen) atoms. The van der Waals surface area contributed by atoms with Crippen LogP contribution in [0.5, 0.6) is 17.2 Å². The van der Waals surface area contributed by atoms with Gasteiger partial charge in [-0.2, -0.15) is 0 Å². The number of rotatable bonds is 5. The molecule has 2 aromatic rings. The van der Waals surface area contributed by atoms with Crippen molar-refractivity contribution in [1.82, 2.24) is 4.90 Å². The standard InChI is InChI=1S/C23H29NO3/c1-25-21-11-10-20(22(26-2)23(21)27-3)18-7-6-17-15-19(9-8-16(17)14-18)24-12-4-5-13-24/h6-7,10-11,14,19H,4-5,8-9,12-13,15H2,1-3H3. The maximum atomic E-state index is 5.68. The zero-order valence-electron chi connectivity index (χ0n) is 16.6. The van der Waals surface area contributed by atoms with Crippen LogP contribution in [0, 0.1) is 0 Å². The van der Waals surface area contributed by atoms with Crippen LogP contribution in [0.15, 0.2) is 30.3 Å². The number of ether oxygens (including phenoxy) is 3. The molecule has 0 radical (unpaired) electrons. The number of aryl methyl sites for hydroxylation is 1. The Labute approximate surface area is 162 Å². The first-order valence-corrected chi connectivity index (χ1v) is 9.90. The first-order chi connectivity index (χ1) is 13.2. The fraction of sp³-hybridized carbons (Fsp3) is 0.478. The van der Waals surface area contributed by atoms with E-state index in [-0.39, 0.29) is 0 Å². The van der Waals surface area contributed by atoms with E-state index in [1.165, 1.54) is 55.5 Å². The summed E-state index contributed by atoms with van der Waals surface area (Å²) in [5, 5.41) is 0. The van der Waals surface area contributed by atoms with Gasteiger partial charge in [0, 0.05) is 11.6 Å². The molecule has 4 rings (SSSR count). The van der Waals surface area contributed by atoms with Gasteiger partial charge in [0.1, 0.15) is 0 Å². The van der Waals surface area contributed by atoms with E-state index in [2.05, 4.69) is 29.2 Å². The summed E-state index contributed by atoms with van der Waals surface area (Å²) in [5.74, 6) is 2.05. The van der Waals surface area contributed by atoms with E-state index in [1.54, 1.807) is 21.3 Å². The highest BCUT2D eigenvalue weighted by Crippen LogP contribution is 2.44. The fourth-order valence-electron chi connectivity index (χ4n) is 4.65. The minimum absolute atomic E-state index is 0.643. The largest absolute Gasteiger partial charge is 0.493 e. The molecule has 0 spiro atoms. The third-order valence-electron chi connectivity index (χ3n) is 6.08. The molecule has 144 valence electrons. The van der Waals surface area contributed by atoms with Crippen molar-refractivity contribution in [3.05, 3.63) is 41.5 Å². The topological polar surface area (TPSA) is 30.9 Å². The van der Waals surface area contributed by atoms with Gasteiger partial charge in [-0.3, -0.25) is 0 Å². The lowest BCUT2D eigenvalue weighted by atomic mass is 9.85. The average Bonchev–Trinajstić information content (AvgIpc) is 3.26. The Bertz CT molecular complexity index is 812. The van der Waals surface area contributed by atoms with E-state index in [0.717, 1.165) is 23.8 Å². The van der Waals surface area contributed by atoms with Crippen LogP contribution in [0.4, 0.5) is 0 Å². The first kappa shape index (κ1) is 18.2. The molecule has 4 nitrogen and oxygen atoms in total. The predicted molar refractivity (Wildman–Crippen MR) is 108 cm³/mol. The number of methoxy groups -OCH3 is 3. The van der Waals surface area contributed by atoms with Crippen LogP contribution >= 0.6 is 0 Å². The number of fused-ring (bicyclic) bond motifs is 1. The van der Waals surface area contributed by atoms with E-state index in [4.69, 9.17) is 14.2 Å². The normalized spacial score (nSPS) is 19.6. The van der Waals surface area contributed by atoms with Gasteiger partial charge in [-0.25, -0.2) is 0 Å². The summed E-state index contributed by atoms with van der Waals surface area (Å²) in [6, 6.07) is 11.6. The van der Waals surface area contributed by atoms with Gasteiger partial charge in [0.15, 0.2) is 11.5 Å². The summed E-state index contributed by atoms with van der Waals surface area (Å²) < 4.78 is 16.6. The van der Waals surface area contributed by atoms with E-state index < -0.39 is 0 Å². The Hall–Kier alpha value is -2.20. The molecule has 0 aromatic heterocycles. The molecule has 0 amide bonds. The van der Waals surface area contributed by atoms with Crippen molar-refractivity contribution in [3.63, 3.8) is 0 Å². The Kier molecular flexibility index (Phi) is 5.26. The molecule has 1 saturated heterocycles. The molecule has 4 heteroatoms. The monoisotopic (exact) mass is 367 g/mol. The van der Waals surface area contributed by atoms with Gasteiger partial charge in [-0.1, -0.05) is 18.2 Å². The van der Waals surface area contributed by atoms with Gasteiger partial charge in [0.2, 0.25) is 5.75 Å². The summed E-state index contributed by atoms with van der Waals surface area (Å²) >= 11 is 0. The van der Waals surface area contributed by atoms with E-state index in [1.807, 2.05) is 6.07 Å². The van der Waals surface area contributed by atoms with Crippen molar-refractivity contribution in [1.29, 1.82) is 0 Å². The highest BCUT2D eigenvalue weighted by molar-refractivity contribution is 5.77. The zero-order valence-corrected chi connectivity index (χ0v) is 16.6. The lowest BCUT2D eigenvalue weighted by Gasteiger charge is -2.32. The third-order valence-corrected chi connectivity index (χ3v) is 6.08. The van der Waals surface area contributed by atoms with Gasteiger partial charge < -0.3 is 19.1 Å². The van der Waals surface area contributed by atoms with Gasteiger partial charge in [0.25, 0.3) is 0 Å². The van der Waals surface area contributed by atoms with Crippen LogP contribution in [0.2, 0.25) is 0 Å². The van der Waals surface area contributed by atoms with Crippen molar-refractivity contribution in [2.24, 2.45) is 0 Å². The molecule has 1 aliphatic heterocycles. The Balaban J connectivity index is 1.65. The number of nitrogens with zero attached hydrogens (tertiary/aromatic N) is 1. The quantitative estimate of drug-likeness (QED) is 0.787. The van der Waals surface area contributed by atoms with Crippen LogP contribution < -0.4 is 14.2 Å². The predicted octanol–water partition coefficient (Wildman–Crippen LogP) is 4.33. The van der Waals surface area contributed by atoms with E-state index >= 15 is 0 Å². The van der Waals surface area contributed by atoms with Crippen LogP contribution in [0.3, 0.4) is 0 Å². The molecule has 1 unspecified atom stereocenters. The number of benzene rings is 2. The van der Waals surface area contributed by atoms with Crippen molar-refractivity contribution < 1.29 is 14.2 Å². The summed E-state index contributed by atoms with van der Waals surface area (Å²) in [7, 11) is 4.97. The van der Waals surface area contributed by atoms with Crippen molar-refractivity contribution >= 4 is 0 Å². The van der Waals surface area contributed by atoms with Crippen LogP contribution in [0.1, 0.15) is 30.4 Å². The van der Waals surface area contributed by atoms with Crippen LogP contribution in [-0.4, -0.2) is 45.4 Å². The van der Waals surface area contributed by atoms with Crippen molar-refractivity contribution in [3.8, 4) is 28.4 Å². The minimum Gasteiger partial charge on any atom is -0.493 e. The minimum atomic E-state index is 0.643. The number of likely N-dealkylation sites (tertiary alicyclic amines) is 1. The van der Waals surface area contributed by atoms with Crippen LogP contribution in [-0.2, 0) is 12.8 Å². The summed E-state index contributed by atoms with van der Waals surface area (Å²) in [5.41, 5.74) is 5.19. The van der Waals surface area contributed by atoms with Gasteiger partial charge in [-0.05, 0) is 74.0 Å². The number of hydrogen-bond acceptors (Lipinski definition) is 4. The second-order valence-electron chi connectivity index (χ2n) is 7.51. The molecule has 1 atom stereocenters. The molecule has 0 bridgehead atoms. The van der Waals surface area contributed by atoms with Crippen molar-refractivity contribution in [2.75, 3.05) is 34.4 Å². The second kappa shape index (κ2) is 7.81. The molecule has 0 saturated carbocycles. The average molecular weight is 367 g/mol. The summed E-state index contributed by atoms with van der Waals surface area (Å²) in [6.45, 7) is 2.56. The summed E-state index contributed by atoms with van der Waals surface area (Å²) in [6.07, 6.45) is 6.32. The highest BCUT2D eigenvalue weighted by atomic mass is 16.5. The first-order valence-electron chi connectivity index (χ1n) is 9.90. The molecule has 1 aliphatic carbocycles. The van der Waals surface area contributed by atoms with Gasteiger partial charge in [0.05, 0.1) is 21.3 Å². The molecule has 1 fully saturated rings. The Morgan fingerprint density at radius 3 is 2.33 bits per heavy atom. The fourth-order valence-corrected chi connectivity index (χ4v) is 4.65. The number of hydrogen-bond donors (Lipinski definition) is 0. The SMILES string of the molecule is COc1ccc(-c2ccc3c(c2)CCC(N2CCCC2)C3)c(OC)c1OC. The van der Waals surface area contributed by atoms with E-state index in [9.17, 15) is 0 Å². The second-order valence-corrected chi connectivity index (χ2v) is 7.51. The Morgan fingerprint density at radius 1 is 0.852 bits per heavy atom. The smallest absolute Gasteiger partial charge is 0.203 e. The molecule has 1 heterocycles. The van der Waals surface area contributed by atoms with Gasteiger partial charge in [-0.15, -0.1) is 0 Å². The Morgan fingerprint density at radius 2 is 1.63 bits per heavy atom. The van der Waals surface area contributed by atoms with Crippen LogP contribution in [0.25, 0.3) is 11.1 Å². The van der Waals surface area contributed by atoms with Crippen molar-refractivity contribution in [2.45, 2.75) is 38.1 Å². The lowest BCUT2D eigenvalue weighted by molar-refractivity contribution is 0.222. The highest BCUT2D eigenvalue weighted by Gasteiger charge is 2.26. The molecular formula is C23H29NO3. The maximum absolute atomic E-state index is 5.68. The summed E-state index contributed by atoms with van der Waals surface area (Å²) in [4.78, 5) is 2.69. The molecule has 0 N–H and O–H groups in total.